The van der Waals surface area contributed by atoms with E-state index in [9.17, 15) is 0 Å². The zero-order valence-corrected chi connectivity index (χ0v) is 17.9. The Labute approximate surface area is 186 Å². The van der Waals surface area contributed by atoms with Crippen LogP contribution in [-0.4, -0.2) is 69.6 Å². The molecule has 4 aliphatic heterocycles. The number of fused-ring (bicyclic) bond motifs is 4. The Bertz CT molecular complexity index is 1140. The molecule has 32 heavy (non-hydrogen) atoms. The molecule has 8 heteroatoms. The van der Waals surface area contributed by atoms with Gasteiger partial charge in [-0.15, -0.1) is 0 Å². The normalized spacial score (nSPS) is 24.9. The van der Waals surface area contributed by atoms with Crippen LogP contribution >= 0.6 is 0 Å². The van der Waals surface area contributed by atoms with E-state index >= 15 is 0 Å². The first kappa shape index (κ1) is 18.6. The average Bonchev–Trinajstić information content (AvgIpc) is 3.42. The van der Waals surface area contributed by atoms with Crippen LogP contribution in [0.25, 0.3) is 16.9 Å². The van der Waals surface area contributed by atoms with E-state index < -0.39 is 0 Å². The third kappa shape index (κ3) is 2.93. The highest BCUT2D eigenvalue weighted by molar-refractivity contribution is 5.69. The third-order valence-corrected chi connectivity index (χ3v) is 7.47. The number of piperidine rings is 1. The Balaban J connectivity index is 1.10. The minimum absolute atomic E-state index is 0.492. The van der Waals surface area contributed by atoms with E-state index in [-0.39, 0.29) is 0 Å². The minimum atomic E-state index is 0.492. The summed E-state index contributed by atoms with van der Waals surface area (Å²) in [6.07, 6.45) is 8.18. The highest BCUT2D eigenvalue weighted by Gasteiger charge is 2.41. The zero-order valence-electron chi connectivity index (χ0n) is 17.9. The van der Waals surface area contributed by atoms with Gasteiger partial charge in [0.1, 0.15) is 18.1 Å². The monoisotopic (exact) mass is 430 g/mol. The lowest BCUT2D eigenvalue weighted by Gasteiger charge is -2.44. The molecule has 3 fully saturated rings. The van der Waals surface area contributed by atoms with E-state index in [2.05, 4.69) is 26.9 Å². The predicted octanol–water partition coefficient (Wildman–Crippen LogP) is 2.52. The molecule has 0 aromatic carbocycles. The summed E-state index contributed by atoms with van der Waals surface area (Å²) >= 11 is 0. The molecular weight excluding hydrogens is 404 g/mol. The number of likely N-dealkylation sites (tertiary alicyclic amines) is 1. The Kier molecular flexibility index (Phi) is 4.23. The lowest BCUT2D eigenvalue weighted by atomic mass is 9.91. The molecule has 0 bridgehead atoms. The van der Waals surface area contributed by atoms with Gasteiger partial charge in [0.2, 0.25) is 5.88 Å². The third-order valence-electron chi connectivity index (χ3n) is 7.47. The molecule has 3 saturated heterocycles. The number of aromatic nitrogens is 4. The minimum Gasteiger partial charge on any atom is -0.472 e. The maximum Gasteiger partial charge on any atom is 0.223 e. The lowest BCUT2D eigenvalue weighted by Crippen LogP contribution is -2.55. The van der Waals surface area contributed by atoms with E-state index in [0.717, 1.165) is 54.0 Å². The number of hydrogen-bond acceptors (Lipinski definition) is 7. The molecule has 4 aliphatic rings. The van der Waals surface area contributed by atoms with Crippen molar-refractivity contribution >= 4 is 5.82 Å². The Morgan fingerprint density at radius 3 is 2.84 bits per heavy atom. The number of anilines is 1. The van der Waals surface area contributed by atoms with Crippen molar-refractivity contribution in [1.82, 2.24) is 24.6 Å². The highest BCUT2D eigenvalue weighted by atomic mass is 16.5. The van der Waals surface area contributed by atoms with Crippen molar-refractivity contribution in [2.75, 3.05) is 37.7 Å². The molecule has 2 unspecified atom stereocenters. The molecule has 3 aromatic rings. The van der Waals surface area contributed by atoms with E-state index in [0.29, 0.717) is 24.6 Å². The summed E-state index contributed by atoms with van der Waals surface area (Å²) in [5.74, 6) is 2.46. The van der Waals surface area contributed by atoms with Gasteiger partial charge in [-0.3, -0.25) is 4.90 Å². The van der Waals surface area contributed by atoms with Crippen LogP contribution in [0.1, 0.15) is 18.4 Å². The van der Waals surface area contributed by atoms with Gasteiger partial charge in [0.05, 0.1) is 36.7 Å². The highest BCUT2D eigenvalue weighted by Crippen LogP contribution is 2.37. The van der Waals surface area contributed by atoms with E-state index in [1.807, 2.05) is 29.2 Å². The molecule has 0 saturated carbocycles. The van der Waals surface area contributed by atoms with Crippen LogP contribution in [-0.2, 0) is 11.3 Å². The first-order chi connectivity index (χ1) is 15.8. The van der Waals surface area contributed by atoms with Gasteiger partial charge in [-0.1, -0.05) is 0 Å². The largest absolute Gasteiger partial charge is 0.472 e. The zero-order chi connectivity index (χ0) is 21.1. The van der Waals surface area contributed by atoms with Crippen LogP contribution in [0.5, 0.6) is 5.88 Å². The number of pyridine rings is 2. The summed E-state index contributed by atoms with van der Waals surface area (Å²) < 4.78 is 13.1. The maximum absolute atomic E-state index is 5.77. The summed E-state index contributed by atoms with van der Waals surface area (Å²) in [4.78, 5) is 14.3. The van der Waals surface area contributed by atoms with Crippen molar-refractivity contribution in [3.8, 4) is 22.8 Å². The van der Waals surface area contributed by atoms with Crippen LogP contribution in [0.15, 0.2) is 42.9 Å². The van der Waals surface area contributed by atoms with Gasteiger partial charge < -0.3 is 14.4 Å². The molecule has 0 spiro atoms. The quantitative estimate of drug-likeness (QED) is 0.632. The first-order valence-corrected chi connectivity index (χ1v) is 11.5. The smallest absolute Gasteiger partial charge is 0.223 e. The molecule has 2 atom stereocenters. The van der Waals surface area contributed by atoms with Crippen LogP contribution in [0.2, 0.25) is 0 Å². The van der Waals surface area contributed by atoms with Gasteiger partial charge >= 0.3 is 0 Å². The summed E-state index contributed by atoms with van der Waals surface area (Å²) in [6, 6.07) is 9.45. The number of hydrogen-bond donors (Lipinski definition) is 0. The molecule has 8 nitrogen and oxygen atoms in total. The Morgan fingerprint density at radius 1 is 1.03 bits per heavy atom. The fraction of sp³-hybridized carbons (Fsp3) is 0.458. The standard InChI is InChI=1S/C24H26N6O2/c1-2-20-23-17(13-32-24(20)25-7-1)12-30(27-23)18-3-4-22(26-10-18)29-9-5-16-11-28(8-6-21(16)29)19-14-31-15-19/h1-4,7,10,12,16,19,21H,5-6,8-9,11,13-15H2. The van der Waals surface area contributed by atoms with E-state index in [1.54, 1.807) is 6.20 Å². The van der Waals surface area contributed by atoms with Gasteiger partial charge in [0.25, 0.3) is 0 Å². The molecule has 3 aromatic heterocycles. The summed E-state index contributed by atoms with van der Waals surface area (Å²) in [6.45, 7) is 5.77. The second kappa shape index (κ2) is 7.28. The molecule has 7 heterocycles. The van der Waals surface area contributed by atoms with Gasteiger partial charge in [-0.25, -0.2) is 14.6 Å². The van der Waals surface area contributed by atoms with Crippen molar-refractivity contribution in [3.05, 3.63) is 48.4 Å². The second-order valence-electron chi connectivity index (χ2n) is 9.25. The second-order valence-corrected chi connectivity index (χ2v) is 9.25. The van der Waals surface area contributed by atoms with Gasteiger partial charge in [-0.05, 0) is 43.0 Å². The number of nitrogens with zero attached hydrogens (tertiary/aromatic N) is 6. The molecule has 7 rings (SSSR count). The van der Waals surface area contributed by atoms with Crippen molar-refractivity contribution in [2.45, 2.75) is 31.5 Å². The molecule has 164 valence electrons. The Morgan fingerprint density at radius 2 is 2.00 bits per heavy atom. The summed E-state index contributed by atoms with van der Waals surface area (Å²) in [5, 5.41) is 4.82. The average molecular weight is 431 g/mol. The fourth-order valence-electron chi connectivity index (χ4n) is 5.65. The van der Waals surface area contributed by atoms with Crippen molar-refractivity contribution in [3.63, 3.8) is 0 Å². The van der Waals surface area contributed by atoms with E-state index in [1.165, 1.54) is 25.9 Å². The van der Waals surface area contributed by atoms with Gasteiger partial charge in [-0.2, -0.15) is 5.10 Å². The molecule has 0 amide bonds. The predicted molar refractivity (Wildman–Crippen MR) is 119 cm³/mol. The van der Waals surface area contributed by atoms with Crippen molar-refractivity contribution < 1.29 is 9.47 Å². The van der Waals surface area contributed by atoms with Crippen molar-refractivity contribution in [2.24, 2.45) is 5.92 Å². The van der Waals surface area contributed by atoms with E-state index in [4.69, 9.17) is 19.6 Å². The molecule has 0 N–H and O–H groups in total. The van der Waals surface area contributed by atoms with Crippen LogP contribution < -0.4 is 9.64 Å². The molecule has 0 aliphatic carbocycles. The number of rotatable bonds is 3. The van der Waals surface area contributed by atoms with Crippen LogP contribution in [0, 0.1) is 5.92 Å². The van der Waals surface area contributed by atoms with Crippen molar-refractivity contribution in [1.29, 1.82) is 0 Å². The van der Waals surface area contributed by atoms with Gasteiger partial charge in [0, 0.05) is 43.6 Å². The maximum atomic E-state index is 5.77. The fourth-order valence-corrected chi connectivity index (χ4v) is 5.65. The SMILES string of the molecule is c1cnc2c(c1)-c1nn(-c3ccc(N4CCC5CN(C6COC6)CCC54)nc3)cc1CO2. The molecule has 0 radical (unpaired) electrons. The van der Waals surface area contributed by atoms with Crippen LogP contribution in [0.4, 0.5) is 5.82 Å². The first-order valence-electron chi connectivity index (χ1n) is 11.5. The topological polar surface area (TPSA) is 68.5 Å². The van der Waals surface area contributed by atoms with Gasteiger partial charge in [0.15, 0.2) is 0 Å². The summed E-state index contributed by atoms with van der Waals surface area (Å²) in [5.41, 5.74) is 3.92. The summed E-state index contributed by atoms with van der Waals surface area (Å²) in [7, 11) is 0. The molecular formula is C24H26N6O2. The van der Waals surface area contributed by atoms with Crippen LogP contribution in [0.3, 0.4) is 0 Å². The number of ether oxygens (including phenoxy) is 2. The lowest BCUT2D eigenvalue weighted by molar-refractivity contribution is -0.0766. The Hall–Kier alpha value is -2.97.